The van der Waals surface area contributed by atoms with E-state index in [4.69, 9.17) is 10.00 Å². The molecule has 2 rings (SSSR count). The first-order valence-electron chi connectivity index (χ1n) is 6.13. The monoisotopic (exact) mass is 262 g/mol. The predicted octanol–water partition coefficient (Wildman–Crippen LogP) is 1.80. The van der Waals surface area contributed by atoms with Gasteiger partial charge in [0.2, 0.25) is 5.91 Å². The number of amides is 1. The third kappa shape index (κ3) is 2.84. The van der Waals surface area contributed by atoms with Crippen molar-refractivity contribution in [1.29, 1.82) is 5.26 Å². The van der Waals surface area contributed by atoms with E-state index < -0.39 is 11.2 Å². The van der Waals surface area contributed by atoms with Crippen molar-refractivity contribution >= 4 is 5.91 Å². The lowest BCUT2D eigenvalue weighted by atomic mass is 10.1. The number of methoxy groups -OCH3 is 1. The summed E-state index contributed by atoms with van der Waals surface area (Å²) >= 11 is 0. The summed E-state index contributed by atoms with van der Waals surface area (Å²) in [6.07, 6.45) is 1.78. The Balaban J connectivity index is 1.85. The molecule has 1 aliphatic carbocycles. The van der Waals surface area contributed by atoms with Crippen molar-refractivity contribution in [3.05, 3.63) is 29.6 Å². The van der Waals surface area contributed by atoms with E-state index in [0.29, 0.717) is 25.8 Å². The lowest BCUT2D eigenvalue weighted by molar-refractivity contribution is -0.124. The Labute approximate surface area is 111 Å². The van der Waals surface area contributed by atoms with Crippen LogP contribution in [0.1, 0.15) is 18.4 Å². The summed E-state index contributed by atoms with van der Waals surface area (Å²) in [5.41, 5.74) is -0.0223. The molecule has 0 unspecified atom stereocenters. The summed E-state index contributed by atoms with van der Waals surface area (Å²) < 4.78 is 18.3. The van der Waals surface area contributed by atoms with E-state index in [-0.39, 0.29) is 11.7 Å². The van der Waals surface area contributed by atoms with Crippen LogP contribution in [0.15, 0.2) is 18.2 Å². The molecule has 1 aromatic carbocycles. The average molecular weight is 262 g/mol. The average Bonchev–Trinajstić information content (AvgIpc) is 3.20. The van der Waals surface area contributed by atoms with Gasteiger partial charge in [0.1, 0.15) is 5.41 Å². The van der Waals surface area contributed by atoms with Crippen LogP contribution in [0.4, 0.5) is 4.39 Å². The summed E-state index contributed by atoms with van der Waals surface area (Å²) in [5, 5.41) is 11.6. The molecule has 1 N–H and O–H groups in total. The quantitative estimate of drug-likeness (QED) is 0.880. The Morgan fingerprint density at radius 2 is 2.32 bits per heavy atom. The van der Waals surface area contributed by atoms with Gasteiger partial charge in [-0.1, -0.05) is 6.07 Å². The standard InChI is InChI=1S/C14H15FN2O2/c1-19-12-3-2-10(8-11(12)15)4-7-17-13(18)14(9-16)5-6-14/h2-3,8H,4-7H2,1H3,(H,17,18). The van der Waals surface area contributed by atoms with Crippen LogP contribution in [-0.2, 0) is 11.2 Å². The molecule has 1 amide bonds. The van der Waals surface area contributed by atoms with E-state index in [1.807, 2.05) is 6.07 Å². The maximum absolute atomic E-state index is 13.4. The van der Waals surface area contributed by atoms with Crippen LogP contribution in [0, 0.1) is 22.6 Å². The van der Waals surface area contributed by atoms with Crippen LogP contribution in [-0.4, -0.2) is 19.6 Å². The van der Waals surface area contributed by atoms with E-state index in [0.717, 1.165) is 5.56 Å². The van der Waals surface area contributed by atoms with E-state index in [1.54, 1.807) is 12.1 Å². The Kier molecular flexibility index (Phi) is 3.70. The molecule has 0 saturated heterocycles. The number of carbonyl (C=O) groups excluding carboxylic acids is 1. The van der Waals surface area contributed by atoms with Gasteiger partial charge >= 0.3 is 0 Å². The molecule has 1 aliphatic rings. The number of halogens is 1. The molecule has 1 fully saturated rings. The molecule has 0 spiro atoms. The molecular formula is C14H15FN2O2. The zero-order valence-corrected chi connectivity index (χ0v) is 10.7. The number of nitriles is 1. The molecule has 5 heteroatoms. The van der Waals surface area contributed by atoms with Crippen LogP contribution < -0.4 is 10.1 Å². The number of benzene rings is 1. The molecule has 0 atom stereocenters. The first-order chi connectivity index (χ1) is 9.11. The summed E-state index contributed by atoms with van der Waals surface area (Å²) in [6.45, 7) is 0.397. The van der Waals surface area contributed by atoms with Crippen molar-refractivity contribution in [2.45, 2.75) is 19.3 Å². The van der Waals surface area contributed by atoms with E-state index in [2.05, 4.69) is 5.32 Å². The second-order valence-electron chi connectivity index (χ2n) is 4.67. The van der Waals surface area contributed by atoms with Crippen LogP contribution in [0.25, 0.3) is 0 Å². The minimum Gasteiger partial charge on any atom is -0.494 e. The molecule has 0 radical (unpaired) electrons. The molecule has 1 saturated carbocycles. The van der Waals surface area contributed by atoms with Crippen molar-refractivity contribution in [2.75, 3.05) is 13.7 Å². The Bertz CT molecular complexity index is 533. The van der Waals surface area contributed by atoms with Crippen molar-refractivity contribution < 1.29 is 13.9 Å². The highest BCUT2D eigenvalue weighted by Crippen LogP contribution is 2.44. The van der Waals surface area contributed by atoms with Gasteiger partial charge < -0.3 is 10.1 Å². The van der Waals surface area contributed by atoms with Crippen LogP contribution >= 0.6 is 0 Å². The third-order valence-electron chi connectivity index (χ3n) is 3.31. The third-order valence-corrected chi connectivity index (χ3v) is 3.31. The molecule has 100 valence electrons. The summed E-state index contributed by atoms with van der Waals surface area (Å²) in [4.78, 5) is 11.7. The Morgan fingerprint density at radius 1 is 1.58 bits per heavy atom. The van der Waals surface area contributed by atoms with E-state index in [9.17, 15) is 9.18 Å². The highest BCUT2D eigenvalue weighted by atomic mass is 19.1. The van der Waals surface area contributed by atoms with E-state index >= 15 is 0 Å². The SMILES string of the molecule is COc1ccc(CCNC(=O)C2(C#N)CC2)cc1F. The zero-order valence-electron chi connectivity index (χ0n) is 10.7. The first-order valence-corrected chi connectivity index (χ1v) is 6.13. The van der Waals surface area contributed by atoms with Gasteiger partial charge in [-0.2, -0.15) is 5.26 Å². The minimum absolute atomic E-state index is 0.203. The second-order valence-corrected chi connectivity index (χ2v) is 4.67. The predicted molar refractivity (Wildman–Crippen MR) is 66.9 cm³/mol. The fourth-order valence-corrected chi connectivity index (χ4v) is 1.87. The number of hydrogen-bond donors (Lipinski definition) is 1. The summed E-state index contributed by atoms with van der Waals surface area (Å²) in [6, 6.07) is 6.74. The van der Waals surface area contributed by atoms with Gasteiger partial charge in [-0.15, -0.1) is 0 Å². The number of hydrogen-bond acceptors (Lipinski definition) is 3. The largest absolute Gasteiger partial charge is 0.494 e. The summed E-state index contributed by atoms with van der Waals surface area (Å²) in [5.74, 6) is -0.430. The van der Waals surface area contributed by atoms with Gasteiger partial charge in [0.25, 0.3) is 0 Å². The normalized spacial score (nSPS) is 15.4. The van der Waals surface area contributed by atoms with Crippen molar-refractivity contribution in [2.24, 2.45) is 5.41 Å². The Hall–Kier alpha value is -2.09. The molecule has 0 heterocycles. The van der Waals surface area contributed by atoms with Crippen molar-refractivity contribution in [3.8, 4) is 11.8 Å². The fourth-order valence-electron chi connectivity index (χ4n) is 1.87. The highest BCUT2D eigenvalue weighted by Gasteiger charge is 2.50. The van der Waals surface area contributed by atoms with Crippen molar-refractivity contribution in [3.63, 3.8) is 0 Å². The molecule has 19 heavy (non-hydrogen) atoms. The minimum atomic E-state index is -0.800. The number of nitrogens with zero attached hydrogens (tertiary/aromatic N) is 1. The molecule has 4 nitrogen and oxygen atoms in total. The van der Waals surface area contributed by atoms with Gasteiger partial charge in [-0.05, 0) is 37.0 Å². The van der Waals surface area contributed by atoms with Crippen LogP contribution in [0.3, 0.4) is 0 Å². The first kappa shape index (κ1) is 13.3. The molecule has 1 aromatic rings. The zero-order chi connectivity index (χ0) is 13.9. The maximum Gasteiger partial charge on any atom is 0.240 e. The van der Waals surface area contributed by atoms with Crippen molar-refractivity contribution in [1.82, 2.24) is 5.32 Å². The van der Waals surface area contributed by atoms with Gasteiger partial charge in [0.15, 0.2) is 11.6 Å². The van der Waals surface area contributed by atoms with Crippen LogP contribution in [0.2, 0.25) is 0 Å². The number of rotatable bonds is 5. The van der Waals surface area contributed by atoms with Gasteiger partial charge in [0.05, 0.1) is 13.2 Å². The fraction of sp³-hybridized carbons (Fsp3) is 0.429. The maximum atomic E-state index is 13.4. The smallest absolute Gasteiger partial charge is 0.240 e. The van der Waals surface area contributed by atoms with Crippen LogP contribution in [0.5, 0.6) is 5.75 Å². The summed E-state index contributed by atoms with van der Waals surface area (Å²) in [7, 11) is 1.41. The lowest BCUT2D eigenvalue weighted by Gasteiger charge is -2.09. The molecule has 0 bridgehead atoms. The number of nitrogens with one attached hydrogen (secondary N) is 1. The van der Waals surface area contributed by atoms with Gasteiger partial charge in [-0.25, -0.2) is 4.39 Å². The molecule has 0 aromatic heterocycles. The molecular weight excluding hydrogens is 247 g/mol. The van der Waals surface area contributed by atoms with Gasteiger partial charge in [0, 0.05) is 6.54 Å². The highest BCUT2D eigenvalue weighted by molar-refractivity contribution is 5.88. The lowest BCUT2D eigenvalue weighted by Crippen LogP contribution is -2.32. The van der Waals surface area contributed by atoms with E-state index in [1.165, 1.54) is 13.2 Å². The van der Waals surface area contributed by atoms with Gasteiger partial charge in [-0.3, -0.25) is 4.79 Å². The second kappa shape index (κ2) is 5.27. The topological polar surface area (TPSA) is 62.1 Å². The number of carbonyl (C=O) groups is 1. The molecule has 0 aliphatic heterocycles. The Morgan fingerprint density at radius 3 is 2.84 bits per heavy atom. The number of ether oxygens (including phenoxy) is 1.